The molecular weight excluding hydrogens is 569 g/mol. The molecule has 222 valence electrons. The molecule has 41 heavy (non-hydrogen) atoms. The third-order valence-electron chi connectivity index (χ3n) is 6.53. The van der Waals surface area contributed by atoms with E-state index in [0.29, 0.717) is 30.5 Å². The molecule has 2 aromatic carbocycles. The predicted octanol–water partition coefficient (Wildman–Crippen LogP) is 4.38. The monoisotopic (exact) mass is 598 g/mol. The van der Waals surface area contributed by atoms with E-state index in [-0.39, 0.29) is 10.1 Å². The second-order valence-electron chi connectivity index (χ2n) is 9.75. The van der Waals surface area contributed by atoms with Crippen molar-refractivity contribution in [3.05, 3.63) is 69.9 Å². The predicted molar refractivity (Wildman–Crippen MR) is 143 cm³/mol. The molecule has 0 aromatic heterocycles. The van der Waals surface area contributed by atoms with E-state index in [1.54, 1.807) is 12.1 Å². The van der Waals surface area contributed by atoms with Crippen LogP contribution < -0.4 is 16.0 Å². The molecule has 4 N–H and O–H groups in total. The largest absolute Gasteiger partial charge is 0.423 e. The number of nitro benzene ring substituents is 1. The van der Waals surface area contributed by atoms with Gasteiger partial charge in [0.05, 0.1) is 21.6 Å². The Hall–Kier alpha value is -3.98. The lowest BCUT2D eigenvalue weighted by molar-refractivity contribution is -0.388. The van der Waals surface area contributed by atoms with Gasteiger partial charge < -0.3 is 21.1 Å². The van der Waals surface area contributed by atoms with Crippen LogP contribution in [0.4, 0.5) is 29.3 Å². The van der Waals surface area contributed by atoms with Crippen LogP contribution in [0.25, 0.3) is 6.08 Å². The Labute approximate surface area is 233 Å². The van der Waals surface area contributed by atoms with Gasteiger partial charge in [0.25, 0.3) is 11.6 Å². The first-order valence-corrected chi connectivity index (χ1v) is 14.1. The summed E-state index contributed by atoms with van der Waals surface area (Å²) in [7, 11) is -3.41. The molecule has 15 heteroatoms. The van der Waals surface area contributed by atoms with E-state index >= 15 is 0 Å². The molecule has 0 radical (unpaired) electrons. The lowest BCUT2D eigenvalue weighted by atomic mass is 10.0. The zero-order chi connectivity index (χ0) is 30.4. The number of halogens is 3. The van der Waals surface area contributed by atoms with Crippen molar-refractivity contribution >= 4 is 39.2 Å². The summed E-state index contributed by atoms with van der Waals surface area (Å²) in [5, 5.41) is 27.5. The summed E-state index contributed by atoms with van der Waals surface area (Å²) in [5.41, 5.74) is -4.89. The van der Waals surface area contributed by atoms with Crippen LogP contribution in [0.5, 0.6) is 0 Å². The summed E-state index contributed by atoms with van der Waals surface area (Å²) in [5.74, 6) is -1.17. The van der Waals surface area contributed by atoms with Crippen molar-refractivity contribution in [3.8, 4) is 0 Å². The molecule has 0 spiro atoms. The Kier molecular flexibility index (Phi) is 9.76. The normalized spacial score (nSPS) is 16.1. The molecule has 3 amide bonds. The van der Waals surface area contributed by atoms with E-state index in [1.807, 2.05) is 5.32 Å². The number of hydrogen-bond donors (Lipinski definition) is 4. The molecule has 1 unspecified atom stereocenters. The number of anilines is 1. The van der Waals surface area contributed by atoms with Gasteiger partial charge in [0, 0.05) is 18.0 Å². The molecule has 3 rings (SSSR count). The summed E-state index contributed by atoms with van der Waals surface area (Å²) in [6.07, 6.45) is 1.80. The van der Waals surface area contributed by atoms with Gasteiger partial charge >= 0.3 is 12.2 Å². The van der Waals surface area contributed by atoms with E-state index < -0.39 is 62.0 Å². The number of nitro groups is 1. The van der Waals surface area contributed by atoms with Gasteiger partial charge in [-0.05, 0) is 55.7 Å². The number of alkyl halides is 3. The minimum Gasteiger partial charge on any atom is -0.378 e. The number of rotatable bonds is 9. The highest BCUT2D eigenvalue weighted by Gasteiger charge is 2.39. The maximum absolute atomic E-state index is 13.2. The number of sulfone groups is 1. The number of carbonyl (C=O) groups excluding carboxylic acids is 2. The Morgan fingerprint density at radius 2 is 1.73 bits per heavy atom. The summed E-state index contributed by atoms with van der Waals surface area (Å²) in [6, 6.07) is 7.19. The van der Waals surface area contributed by atoms with Crippen molar-refractivity contribution < 1.29 is 41.2 Å². The lowest BCUT2D eigenvalue weighted by Crippen LogP contribution is -2.50. The van der Waals surface area contributed by atoms with Gasteiger partial charge in [-0.15, -0.1) is 0 Å². The SMILES string of the molecule is CC(O)(CNC(=O)N/C=C/c1ccc(S(=O)(=O)C2CCCCC2)cc1)C(=O)Nc1ccc([N+](=O)[O-])c(C(F)(F)F)c1. The maximum Gasteiger partial charge on any atom is 0.423 e. The van der Waals surface area contributed by atoms with Gasteiger partial charge in [-0.2, -0.15) is 13.2 Å². The number of urea groups is 1. The third kappa shape index (κ3) is 8.27. The lowest BCUT2D eigenvalue weighted by Gasteiger charge is -2.23. The van der Waals surface area contributed by atoms with E-state index in [0.717, 1.165) is 32.3 Å². The first kappa shape index (κ1) is 31.5. The van der Waals surface area contributed by atoms with Crippen LogP contribution >= 0.6 is 0 Å². The van der Waals surface area contributed by atoms with Crippen molar-refractivity contribution in [2.75, 3.05) is 11.9 Å². The number of nitrogens with one attached hydrogen (secondary N) is 3. The maximum atomic E-state index is 13.2. The number of carbonyl (C=O) groups is 2. The van der Waals surface area contributed by atoms with Crippen LogP contribution in [0.2, 0.25) is 0 Å². The second-order valence-corrected chi connectivity index (χ2v) is 12.0. The molecule has 1 fully saturated rings. The zero-order valence-electron chi connectivity index (χ0n) is 21.9. The summed E-state index contributed by atoms with van der Waals surface area (Å²) < 4.78 is 65.1. The molecule has 1 aliphatic carbocycles. The van der Waals surface area contributed by atoms with Gasteiger partial charge in [0.15, 0.2) is 15.4 Å². The van der Waals surface area contributed by atoms with Crippen molar-refractivity contribution in [2.45, 2.75) is 61.0 Å². The molecule has 0 heterocycles. The molecule has 1 atom stereocenters. The summed E-state index contributed by atoms with van der Waals surface area (Å²) in [6.45, 7) is 0.378. The topological polar surface area (TPSA) is 168 Å². The minimum absolute atomic E-state index is 0.233. The molecule has 0 saturated heterocycles. The standard InChI is InChI=1S/C26H29F3N4O7S/c1-25(36,23(34)32-18-9-12-22(33(37)38)21(15-18)26(27,28)29)16-31-24(35)30-14-13-17-7-10-20(11-8-17)41(39,40)19-5-3-2-4-6-19/h7-15,19,36H,2-6,16H2,1H3,(H,32,34)(H2,30,31,35)/b14-13+. The first-order chi connectivity index (χ1) is 19.1. The second kappa shape index (κ2) is 12.7. The molecule has 0 bridgehead atoms. The first-order valence-electron chi connectivity index (χ1n) is 12.6. The Bertz CT molecular complexity index is 1420. The van der Waals surface area contributed by atoms with Gasteiger partial charge in [-0.3, -0.25) is 14.9 Å². The highest BCUT2D eigenvalue weighted by atomic mass is 32.2. The van der Waals surface area contributed by atoms with Crippen molar-refractivity contribution in [2.24, 2.45) is 0 Å². The quantitative estimate of drug-likeness (QED) is 0.245. The highest BCUT2D eigenvalue weighted by molar-refractivity contribution is 7.92. The summed E-state index contributed by atoms with van der Waals surface area (Å²) >= 11 is 0. The van der Waals surface area contributed by atoms with E-state index in [1.165, 1.54) is 24.4 Å². The number of aliphatic hydroxyl groups is 1. The van der Waals surface area contributed by atoms with Crippen LogP contribution in [0.3, 0.4) is 0 Å². The van der Waals surface area contributed by atoms with E-state index in [4.69, 9.17) is 0 Å². The molecular formula is C26H29F3N4O7S. The van der Waals surface area contributed by atoms with Crippen molar-refractivity contribution in [3.63, 3.8) is 0 Å². The van der Waals surface area contributed by atoms with Crippen LogP contribution in [-0.2, 0) is 20.8 Å². The molecule has 11 nitrogen and oxygen atoms in total. The Morgan fingerprint density at radius 3 is 2.32 bits per heavy atom. The number of hydrogen-bond acceptors (Lipinski definition) is 7. The summed E-state index contributed by atoms with van der Waals surface area (Å²) in [4.78, 5) is 34.4. The van der Waals surface area contributed by atoms with E-state index in [9.17, 15) is 46.4 Å². The smallest absolute Gasteiger partial charge is 0.378 e. The van der Waals surface area contributed by atoms with Gasteiger partial charge in [0.1, 0.15) is 5.56 Å². The van der Waals surface area contributed by atoms with Crippen LogP contribution in [0.15, 0.2) is 53.6 Å². The van der Waals surface area contributed by atoms with Crippen molar-refractivity contribution in [1.82, 2.24) is 10.6 Å². The van der Waals surface area contributed by atoms with Gasteiger partial charge in [-0.1, -0.05) is 31.4 Å². The van der Waals surface area contributed by atoms with Crippen LogP contribution in [-0.4, -0.2) is 47.8 Å². The Balaban J connectivity index is 1.53. The molecule has 1 aliphatic rings. The fraction of sp³-hybridized carbons (Fsp3) is 0.385. The van der Waals surface area contributed by atoms with Gasteiger partial charge in [0.2, 0.25) is 0 Å². The molecule has 2 aromatic rings. The van der Waals surface area contributed by atoms with E-state index in [2.05, 4.69) is 10.6 Å². The Morgan fingerprint density at radius 1 is 1.10 bits per heavy atom. The minimum atomic E-state index is -5.06. The fourth-order valence-electron chi connectivity index (χ4n) is 4.20. The van der Waals surface area contributed by atoms with Gasteiger partial charge in [-0.25, -0.2) is 13.2 Å². The average Bonchev–Trinajstić information content (AvgIpc) is 2.92. The third-order valence-corrected chi connectivity index (χ3v) is 8.81. The number of nitrogens with zero attached hydrogens (tertiary/aromatic N) is 1. The highest BCUT2D eigenvalue weighted by Crippen LogP contribution is 2.37. The average molecular weight is 599 g/mol. The van der Waals surface area contributed by atoms with Crippen LogP contribution in [0.1, 0.15) is 50.2 Å². The molecule has 1 saturated carbocycles. The van der Waals surface area contributed by atoms with Crippen LogP contribution in [0, 0.1) is 10.1 Å². The molecule has 0 aliphatic heterocycles. The number of amides is 3. The van der Waals surface area contributed by atoms with Crippen molar-refractivity contribution in [1.29, 1.82) is 0 Å². The number of benzene rings is 2. The zero-order valence-corrected chi connectivity index (χ0v) is 22.7. The fourth-order valence-corrected chi connectivity index (χ4v) is 6.05.